The third kappa shape index (κ3) is 1.22. The molecular weight excluding hydrogens is 170 g/mol. The van der Waals surface area contributed by atoms with Crippen molar-refractivity contribution in [2.45, 2.75) is 17.7 Å². The molecule has 0 aromatic carbocycles. The van der Waals surface area contributed by atoms with Gasteiger partial charge in [-0.05, 0) is 12.8 Å². The van der Waals surface area contributed by atoms with E-state index in [0.717, 1.165) is 19.4 Å². The molecule has 0 aromatic heterocycles. The Hall–Kier alpha value is -0.0500. The Labute approximate surface area is 56.8 Å². The van der Waals surface area contributed by atoms with E-state index >= 15 is 0 Å². The van der Waals surface area contributed by atoms with Crippen molar-refractivity contribution in [1.29, 1.82) is 0 Å². The summed E-state index contributed by atoms with van der Waals surface area (Å²) in [5.41, 5.74) is 0. The second-order valence-electron chi connectivity index (χ2n) is 1.90. The van der Waals surface area contributed by atoms with Crippen molar-refractivity contribution < 1.29 is 4.79 Å². The lowest BCUT2D eigenvalue weighted by molar-refractivity contribution is -0.121. The summed E-state index contributed by atoms with van der Waals surface area (Å²) >= 11 is 3.24. The lowest BCUT2D eigenvalue weighted by Gasteiger charge is -2.15. The van der Waals surface area contributed by atoms with Crippen molar-refractivity contribution in [1.82, 2.24) is 5.32 Å². The number of amides is 1. The summed E-state index contributed by atoms with van der Waals surface area (Å²) in [4.78, 5) is 10.7. The van der Waals surface area contributed by atoms with Crippen molar-refractivity contribution in [2.75, 3.05) is 6.54 Å². The summed E-state index contributed by atoms with van der Waals surface area (Å²) in [5, 5.41) is 2.75. The molecular formula is C5H8BrNO. The molecule has 1 fully saturated rings. The van der Waals surface area contributed by atoms with Gasteiger partial charge in [-0.1, -0.05) is 15.9 Å². The lowest BCUT2D eigenvalue weighted by Crippen LogP contribution is -2.36. The molecule has 8 heavy (non-hydrogen) atoms. The van der Waals surface area contributed by atoms with E-state index in [0.29, 0.717) is 0 Å². The van der Waals surface area contributed by atoms with Crippen LogP contribution < -0.4 is 5.32 Å². The van der Waals surface area contributed by atoms with E-state index in [2.05, 4.69) is 21.2 Å². The monoisotopic (exact) mass is 177 g/mol. The SMILES string of the molecule is O=C1NCCCC1Br. The van der Waals surface area contributed by atoms with Crippen LogP contribution in [0, 0.1) is 0 Å². The van der Waals surface area contributed by atoms with Gasteiger partial charge in [0.05, 0.1) is 4.83 Å². The van der Waals surface area contributed by atoms with Gasteiger partial charge in [0.2, 0.25) is 5.91 Å². The van der Waals surface area contributed by atoms with Gasteiger partial charge in [0, 0.05) is 6.54 Å². The Balaban J connectivity index is 2.39. The fourth-order valence-electron chi connectivity index (χ4n) is 0.735. The minimum absolute atomic E-state index is 0.0660. The van der Waals surface area contributed by atoms with E-state index < -0.39 is 0 Å². The van der Waals surface area contributed by atoms with Gasteiger partial charge in [-0.15, -0.1) is 0 Å². The highest BCUT2D eigenvalue weighted by molar-refractivity contribution is 9.10. The fraction of sp³-hybridized carbons (Fsp3) is 0.800. The molecule has 1 rings (SSSR count). The Morgan fingerprint density at radius 2 is 2.50 bits per heavy atom. The van der Waals surface area contributed by atoms with E-state index in [1.165, 1.54) is 0 Å². The second-order valence-corrected chi connectivity index (χ2v) is 3.01. The summed E-state index contributed by atoms with van der Waals surface area (Å²) in [6.45, 7) is 0.848. The third-order valence-electron chi connectivity index (χ3n) is 1.22. The first kappa shape index (κ1) is 6.08. The van der Waals surface area contributed by atoms with Crippen LogP contribution in [0.3, 0.4) is 0 Å². The van der Waals surface area contributed by atoms with Crippen LogP contribution in [0.1, 0.15) is 12.8 Å². The largest absolute Gasteiger partial charge is 0.355 e. The van der Waals surface area contributed by atoms with E-state index in [4.69, 9.17) is 0 Å². The number of hydrogen-bond donors (Lipinski definition) is 1. The predicted octanol–water partition coefficient (Wildman–Crippen LogP) is 0.660. The maximum atomic E-state index is 10.6. The highest BCUT2D eigenvalue weighted by Crippen LogP contribution is 2.10. The van der Waals surface area contributed by atoms with E-state index in [9.17, 15) is 4.79 Å². The molecule has 1 aliphatic heterocycles. The zero-order chi connectivity index (χ0) is 5.98. The minimum atomic E-state index is 0.0660. The Morgan fingerprint density at radius 3 is 2.88 bits per heavy atom. The molecule has 0 saturated carbocycles. The number of nitrogens with one attached hydrogen (secondary N) is 1. The summed E-state index contributed by atoms with van der Waals surface area (Å²) in [6, 6.07) is 0. The highest BCUT2D eigenvalue weighted by atomic mass is 79.9. The molecule has 0 aliphatic carbocycles. The van der Waals surface area contributed by atoms with E-state index in [-0.39, 0.29) is 10.7 Å². The quantitative estimate of drug-likeness (QED) is 0.542. The molecule has 0 radical (unpaired) electrons. The van der Waals surface area contributed by atoms with Crippen molar-refractivity contribution in [3.63, 3.8) is 0 Å². The minimum Gasteiger partial charge on any atom is -0.355 e. The Morgan fingerprint density at radius 1 is 1.75 bits per heavy atom. The number of piperidine rings is 1. The van der Waals surface area contributed by atoms with Crippen LogP contribution in [0.4, 0.5) is 0 Å². The molecule has 0 bridgehead atoms. The second kappa shape index (κ2) is 2.49. The topological polar surface area (TPSA) is 29.1 Å². The molecule has 1 amide bonds. The summed E-state index contributed by atoms with van der Waals surface area (Å²) in [7, 11) is 0. The van der Waals surface area contributed by atoms with Crippen molar-refractivity contribution >= 4 is 21.8 Å². The molecule has 3 heteroatoms. The maximum Gasteiger partial charge on any atom is 0.233 e. The van der Waals surface area contributed by atoms with Crippen molar-refractivity contribution in [3.8, 4) is 0 Å². The molecule has 0 aromatic rings. The fourth-order valence-corrected chi connectivity index (χ4v) is 1.22. The van der Waals surface area contributed by atoms with Gasteiger partial charge in [-0.25, -0.2) is 0 Å². The van der Waals surface area contributed by atoms with Crippen LogP contribution in [0.5, 0.6) is 0 Å². The number of alkyl halides is 1. The normalized spacial score (nSPS) is 29.6. The van der Waals surface area contributed by atoms with Crippen molar-refractivity contribution in [3.05, 3.63) is 0 Å². The molecule has 1 N–H and O–H groups in total. The van der Waals surface area contributed by atoms with Crippen LogP contribution >= 0.6 is 15.9 Å². The van der Waals surface area contributed by atoms with Gasteiger partial charge in [0.15, 0.2) is 0 Å². The average Bonchev–Trinajstić information content (AvgIpc) is 1.77. The first-order valence-corrected chi connectivity index (χ1v) is 3.64. The molecule has 0 spiro atoms. The Bertz CT molecular complexity index is 105. The predicted molar refractivity (Wildman–Crippen MR) is 35.0 cm³/mol. The van der Waals surface area contributed by atoms with Crippen LogP contribution in [0.25, 0.3) is 0 Å². The number of carbonyl (C=O) groups is 1. The average molecular weight is 178 g/mol. The van der Waals surface area contributed by atoms with Gasteiger partial charge < -0.3 is 5.32 Å². The lowest BCUT2D eigenvalue weighted by atomic mass is 10.2. The number of carbonyl (C=O) groups excluding carboxylic acids is 1. The van der Waals surface area contributed by atoms with Crippen LogP contribution in [0.15, 0.2) is 0 Å². The molecule has 1 unspecified atom stereocenters. The van der Waals surface area contributed by atoms with E-state index in [1.807, 2.05) is 0 Å². The summed E-state index contributed by atoms with van der Waals surface area (Å²) in [6.07, 6.45) is 2.08. The Kier molecular flexibility index (Phi) is 1.89. The smallest absolute Gasteiger partial charge is 0.233 e. The van der Waals surface area contributed by atoms with Crippen LogP contribution in [0.2, 0.25) is 0 Å². The first-order valence-electron chi connectivity index (χ1n) is 2.72. The number of hydrogen-bond acceptors (Lipinski definition) is 1. The summed E-state index contributed by atoms with van der Waals surface area (Å²) < 4.78 is 0. The molecule has 1 atom stereocenters. The molecule has 2 nitrogen and oxygen atoms in total. The van der Waals surface area contributed by atoms with Gasteiger partial charge in [-0.2, -0.15) is 0 Å². The third-order valence-corrected chi connectivity index (χ3v) is 2.09. The van der Waals surface area contributed by atoms with Gasteiger partial charge in [0.25, 0.3) is 0 Å². The highest BCUT2D eigenvalue weighted by Gasteiger charge is 2.17. The van der Waals surface area contributed by atoms with E-state index in [1.54, 1.807) is 0 Å². The maximum absolute atomic E-state index is 10.6. The van der Waals surface area contributed by atoms with Crippen LogP contribution in [-0.2, 0) is 4.79 Å². The van der Waals surface area contributed by atoms with Gasteiger partial charge in [0.1, 0.15) is 0 Å². The zero-order valence-electron chi connectivity index (χ0n) is 4.48. The molecule has 1 heterocycles. The zero-order valence-corrected chi connectivity index (χ0v) is 6.07. The van der Waals surface area contributed by atoms with Crippen LogP contribution in [-0.4, -0.2) is 17.3 Å². The first-order chi connectivity index (χ1) is 3.80. The molecule has 46 valence electrons. The number of halogens is 1. The van der Waals surface area contributed by atoms with Gasteiger partial charge in [-0.3, -0.25) is 4.79 Å². The standard InChI is InChI=1S/C5H8BrNO/c6-4-2-1-3-7-5(4)8/h4H,1-3H2,(H,7,8). The van der Waals surface area contributed by atoms with Gasteiger partial charge >= 0.3 is 0 Å². The van der Waals surface area contributed by atoms with Crippen molar-refractivity contribution in [2.24, 2.45) is 0 Å². The number of rotatable bonds is 0. The molecule has 1 saturated heterocycles. The summed E-state index contributed by atoms with van der Waals surface area (Å²) in [5.74, 6) is 0.135. The molecule has 1 aliphatic rings.